The molecule has 0 aliphatic heterocycles. The van der Waals surface area contributed by atoms with Gasteiger partial charge in [0.1, 0.15) is 17.3 Å². The van der Waals surface area contributed by atoms with Gasteiger partial charge in [0.2, 0.25) is 0 Å². The molecule has 0 fully saturated rings. The zero-order valence-corrected chi connectivity index (χ0v) is 9.87. The van der Waals surface area contributed by atoms with Gasteiger partial charge in [0, 0.05) is 12.0 Å². The Morgan fingerprint density at radius 2 is 2.19 bits per heavy atom. The SMILES string of the molecule is Cc1ccc(-c2cnc(C(C)(C)CN)[nH]2)o1. The predicted octanol–water partition coefficient (Wildman–Crippen LogP) is 2.21. The molecule has 16 heavy (non-hydrogen) atoms. The van der Waals surface area contributed by atoms with Gasteiger partial charge in [-0.1, -0.05) is 13.8 Å². The maximum atomic E-state index is 5.71. The summed E-state index contributed by atoms with van der Waals surface area (Å²) in [6.07, 6.45) is 1.78. The molecule has 4 heteroatoms. The first-order chi connectivity index (χ1) is 7.53. The molecule has 0 aliphatic rings. The number of nitrogens with one attached hydrogen (secondary N) is 1. The van der Waals surface area contributed by atoms with Crippen molar-refractivity contribution in [2.75, 3.05) is 6.54 Å². The molecule has 0 atom stereocenters. The fourth-order valence-corrected chi connectivity index (χ4v) is 1.47. The molecule has 0 spiro atoms. The molecule has 0 saturated carbocycles. The van der Waals surface area contributed by atoms with Crippen LogP contribution in [0.15, 0.2) is 22.7 Å². The maximum Gasteiger partial charge on any atom is 0.152 e. The van der Waals surface area contributed by atoms with Crippen LogP contribution in [0.4, 0.5) is 0 Å². The van der Waals surface area contributed by atoms with Crippen molar-refractivity contribution in [1.82, 2.24) is 9.97 Å². The van der Waals surface area contributed by atoms with Gasteiger partial charge in [-0.25, -0.2) is 4.98 Å². The summed E-state index contributed by atoms with van der Waals surface area (Å²) in [5, 5.41) is 0. The van der Waals surface area contributed by atoms with E-state index in [-0.39, 0.29) is 5.41 Å². The van der Waals surface area contributed by atoms with E-state index in [2.05, 4.69) is 23.8 Å². The van der Waals surface area contributed by atoms with Crippen LogP contribution in [0.3, 0.4) is 0 Å². The number of aryl methyl sites for hydroxylation is 1. The molecule has 0 bridgehead atoms. The number of aromatic nitrogens is 2. The molecule has 0 amide bonds. The van der Waals surface area contributed by atoms with E-state index < -0.39 is 0 Å². The number of nitrogens with zero attached hydrogens (tertiary/aromatic N) is 1. The van der Waals surface area contributed by atoms with Gasteiger partial charge in [0.15, 0.2) is 5.76 Å². The molecule has 0 unspecified atom stereocenters. The topological polar surface area (TPSA) is 67.8 Å². The van der Waals surface area contributed by atoms with Crippen LogP contribution in [0.25, 0.3) is 11.5 Å². The van der Waals surface area contributed by atoms with Crippen molar-refractivity contribution in [2.24, 2.45) is 5.73 Å². The number of H-pyrrole nitrogens is 1. The molecule has 4 nitrogen and oxygen atoms in total. The second-order valence-corrected chi connectivity index (χ2v) is 4.64. The number of imidazole rings is 1. The van der Waals surface area contributed by atoms with Gasteiger partial charge in [-0.2, -0.15) is 0 Å². The maximum absolute atomic E-state index is 5.71. The number of hydrogen-bond donors (Lipinski definition) is 2. The lowest BCUT2D eigenvalue weighted by Gasteiger charge is -2.18. The highest BCUT2D eigenvalue weighted by atomic mass is 16.3. The van der Waals surface area contributed by atoms with Crippen molar-refractivity contribution < 1.29 is 4.42 Å². The molecule has 3 N–H and O–H groups in total. The Bertz CT molecular complexity index is 482. The largest absolute Gasteiger partial charge is 0.460 e. The minimum atomic E-state index is -0.139. The summed E-state index contributed by atoms with van der Waals surface area (Å²) in [7, 11) is 0. The van der Waals surface area contributed by atoms with Crippen LogP contribution in [0, 0.1) is 6.92 Å². The zero-order chi connectivity index (χ0) is 11.8. The Morgan fingerprint density at radius 3 is 2.75 bits per heavy atom. The molecular weight excluding hydrogens is 202 g/mol. The van der Waals surface area contributed by atoms with Gasteiger partial charge in [-0.15, -0.1) is 0 Å². The normalized spacial score (nSPS) is 12.0. The highest BCUT2D eigenvalue weighted by Gasteiger charge is 2.22. The molecule has 2 rings (SSSR count). The fraction of sp³-hybridized carbons (Fsp3) is 0.417. The van der Waals surface area contributed by atoms with Crippen molar-refractivity contribution in [1.29, 1.82) is 0 Å². The van der Waals surface area contributed by atoms with E-state index >= 15 is 0 Å². The molecule has 2 heterocycles. The van der Waals surface area contributed by atoms with Crippen LogP contribution in [0.1, 0.15) is 25.4 Å². The molecule has 2 aromatic rings. The monoisotopic (exact) mass is 219 g/mol. The van der Waals surface area contributed by atoms with Crippen LogP contribution in [-0.4, -0.2) is 16.5 Å². The Kier molecular flexibility index (Phi) is 2.59. The van der Waals surface area contributed by atoms with Gasteiger partial charge in [-0.3, -0.25) is 0 Å². The standard InChI is InChI=1S/C12H17N3O/c1-8-4-5-10(16-8)9-6-14-11(15-9)12(2,3)7-13/h4-6H,7,13H2,1-3H3,(H,14,15). The second-order valence-electron chi connectivity index (χ2n) is 4.64. The Morgan fingerprint density at radius 1 is 1.44 bits per heavy atom. The first-order valence-electron chi connectivity index (χ1n) is 5.35. The predicted molar refractivity (Wildman–Crippen MR) is 63.1 cm³/mol. The molecule has 2 aromatic heterocycles. The quantitative estimate of drug-likeness (QED) is 0.831. The fourth-order valence-electron chi connectivity index (χ4n) is 1.47. The number of aromatic amines is 1. The van der Waals surface area contributed by atoms with Crippen LogP contribution in [-0.2, 0) is 5.41 Å². The highest BCUT2D eigenvalue weighted by Crippen LogP contribution is 2.24. The van der Waals surface area contributed by atoms with Gasteiger partial charge < -0.3 is 15.1 Å². The molecule has 0 radical (unpaired) electrons. The Balaban J connectivity index is 2.33. The summed E-state index contributed by atoms with van der Waals surface area (Å²) < 4.78 is 5.53. The Labute approximate surface area is 94.9 Å². The molecule has 0 aromatic carbocycles. The summed E-state index contributed by atoms with van der Waals surface area (Å²) in [6, 6.07) is 3.87. The molecule has 0 saturated heterocycles. The van der Waals surface area contributed by atoms with Gasteiger partial charge in [0.05, 0.1) is 6.20 Å². The van der Waals surface area contributed by atoms with E-state index in [4.69, 9.17) is 10.2 Å². The molecule has 86 valence electrons. The smallest absolute Gasteiger partial charge is 0.152 e. The third kappa shape index (κ3) is 1.88. The van der Waals surface area contributed by atoms with Crippen LogP contribution in [0.5, 0.6) is 0 Å². The third-order valence-corrected chi connectivity index (χ3v) is 2.73. The lowest BCUT2D eigenvalue weighted by atomic mass is 9.93. The number of furan rings is 1. The average Bonchev–Trinajstić information content (AvgIpc) is 2.85. The summed E-state index contributed by atoms with van der Waals surface area (Å²) in [6.45, 7) is 6.59. The minimum absolute atomic E-state index is 0.139. The Hall–Kier alpha value is -1.55. The average molecular weight is 219 g/mol. The van der Waals surface area contributed by atoms with Crippen molar-refractivity contribution >= 4 is 0 Å². The molecular formula is C12H17N3O. The number of hydrogen-bond acceptors (Lipinski definition) is 3. The van der Waals surface area contributed by atoms with Gasteiger partial charge in [0.25, 0.3) is 0 Å². The van der Waals surface area contributed by atoms with E-state index in [1.807, 2.05) is 19.1 Å². The van der Waals surface area contributed by atoms with Gasteiger partial charge >= 0.3 is 0 Å². The molecule has 0 aliphatic carbocycles. The van der Waals surface area contributed by atoms with Crippen LogP contribution >= 0.6 is 0 Å². The number of nitrogens with two attached hydrogens (primary N) is 1. The van der Waals surface area contributed by atoms with E-state index in [0.717, 1.165) is 23.0 Å². The minimum Gasteiger partial charge on any atom is -0.460 e. The summed E-state index contributed by atoms with van der Waals surface area (Å²) in [5.41, 5.74) is 6.46. The highest BCUT2D eigenvalue weighted by molar-refractivity contribution is 5.51. The first-order valence-corrected chi connectivity index (χ1v) is 5.35. The second kappa shape index (κ2) is 3.79. The van der Waals surface area contributed by atoms with Crippen molar-refractivity contribution in [3.63, 3.8) is 0 Å². The third-order valence-electron chi connectivity index (χ3n) is 2.73. The lowest BCUT2D eigenvalue weighted by Crippen LogP contribution is -2.29. The summed E-state index contributed by atoms with van der Waals surface area (Å²) in [5.74, 6) is 2.59. The van der Waals surface area contributed by atoms with Crippen LogP contribution < -0.4 is 5.73 Å². The van der Waals surface area contributed by atoms with E-state index in [0.29, 0.717) is 6.54 Å². The summed E-state index contributed by atoms with van der Waals surface area (Å²) in [4.78, 5) is 7.60. The zero-order valence-electron chi connectivity index (χ0n) is 9.87. The van der Waals surface area contributed by atoms with Crippen molar-refractivity contribution in [3.05, 3.63) is 29.9 Å². The van der Waals surface area contributed by atoms with E-state index in [9.17, 15) is 0 Å². The van der Waals surface area contributed by atoms with Gasteiger partial charge in [-0.05, 0) is 19.1 Å². The summed E-state index contributed by atoms with van der Waals surface area (Å²) >= 11 is 0. The van der Waals surface area contributed by atoms with E-state index in [1.165, 1.54) is 0 Å². The van der Waals surface area contributed by atoms with Crippen molar-refractivity contribution in [3.8, 4) is 11.5 Å². The number of rotatable bonds is 3. The van der Waals surface area contributed by atoms with E-state index in [1.54, 1.807) is 6.20 Å². The first kappa shape index (κ1) is 11.0. The van der Waals surface area contributed by atoms with Crippen LogP contribution in [0.2, 0.25) is 0 Å². The lowest BCUT2D eigenvalue weighted by molar-refractivity contribution is 0.507. The van der Waals surface area contributed by atoms with Crippen molar-refractivity contribution in [2.45, 2.75) is 26.2 Å².